The first-order valence-corrected chi connectivity index (χ1v) is 10.2. The van der Waals surface area contributed by atoms with Gasteiger partial charge in [0.1, 0.15) is 5.03 Å². The van der Waals surface area contributed by atoms with Crippen molar-refractivity contribution in [2.75, 3.05) is 0 Å². The molecule has 7 heteroatoms. The van der Waals surface area contributed by atoms with E-state index in [1.165, 1.54) is 5.56 Å². The summed E-state index contributed by atoms with van der Waals surface area (Å²) >= 11 is 1.63. The molecule has 142 valence electrons. The van der Waals surface area contributed by atoms with E-state index in [0.717, 1.165) is 34.9 Å². The zero-order valence-electron chi connectivity index (χ0n) is 15.6. The average Bonchev–Trinajstić information content (AvgIpc) is 3.46. The molecule has 1 fully saturated rings. The van der Waals surface area contributed by atoms with Gasteiger partial charge in [0.25, 0.3) is 5.91 Å². The fourth-order valence-electron chi connectivity index (χ4n) is 2.76. The van der Waals surface area contributed by atoms with Gasteiger partial charge in [0, 0.05) is 11.8 Å². The van der Waals surface area contributed by atoms with Crippen molar-refractivity contribution in [1.82, 2.24) is 25.3 Å². The molecule has 2 heterocycles. The van der Waals surface area contributed by atoms with Gasteiger partial charge in [0.15, 0.2) is 5.82 Å². The van der Waals surface area contributed by atoms with Crippen LogP contribution in [0.3, 0.4) is 0 Å². The first-order valence-electron chi connectivity index (χ1n) is 9.18. The minimum atomic E-state index is -0.0751. The van der Waals surface area contributed by atoms with Crippen LogP contribution in [0.1, 0.15) is 40.0 Å². The van der Waals surface area contributed by atoms with E-state index in [0.29, 0.717) is 17.4 Å². The van der Waals surface area contributed by atoms with E-state index < -0.39 is 0 Å². The molecule has 0 bridgehead atoms. The Kier molecular flexibility index (Phi) is 5.25. The predicted molar refractivity (Wildman–Crippen MR) is 110 cm³/mol. The molecule has 0 saturated heterocycles. The number of nitrogens with one attached hydrogen (secondary N) is 1. The van der Waals surface area contributed by atoms with E-state index in [-0.39, 0.29) is 5.91 Å². The number of hydrogen-bond acceptors (Lipinski definition) is 5. The number of nitrogens with zero attached hydrogens (tertiary/aromatic N) is 4. The normalized spacial score (nSPS) is 13.3. The van der Waals surface area contributed by atoms with Crippen LogP contribution in [0.15, 0.2) is 54.2 Å². The highest BCUT2D eigenvalue weighted by molar-refractivity contribution is 7.98. The maximum atomic E-state index is 12.3. The highest BCUT2D eigenvalue weighted by Gasteiger charge is 2.25. The molecule has 4 rings (SSSR count). The molecule has 1 amide bonds. The van der Waals surface area contributed by atoms with Crippen molar-refractivity contribution in [2.24, 2.45) is 0 Å². The zero-order chi connectivity index (χ0) is 19.5. The molecule has 0 aliphatic heterocycles. The van der Waals surface area contributed by atoms with E-state index in [2.05, 4.69) is 51.5 Å². The van der Waals surface area contributed by atoms with Crippen molar-refractivity contribution in [1.29, 1.82) is 0 Å². The molecule has 1 aliphatic rings. The van der Waals surface area contributed by atoms with Crippen LogP contribution in [-0.4, -0.2) is 31.9 Å². The van der Waals surface area contributed by atoms with E-state index in [1.807, 2.05) is 25.1 Å². The van der Waals surface area contributed by atoms with Crippen LogP contribution < -0.4 is 5.32 Å². The molecule has 0 spiro atoms. The Bertz CT molecular complexity index is 991. The Morgan fingerprint density at radius 3 is 2.68 bits per heavy atom. The number of hydrogen-bond donors (Lipinski definition) is 1. The van der Waals surface area contributed by atoms with Gasteiger partial charge >= 0.3 is 0 Å². The first-order chi connectivity index (χ1) is 13.6. The minimum absolute atomic E-state index is 0.0751. The summed E-state index contributed by atoms with van der Waals surface area (Å²) in [5.74, 6) is 1.34. The zero-order valence-corrected chi connectivity index (χ0v) is 16.4. The first kappa shape index (κ1) is 18.4. The van der Waals surface area contributed by atoms with Gasteiger partial charge in [-0.1, -0.05) is 48.7 Å². The number of carbonyl (C=O) groups excluding carboxylic acids is 1. The summed E-state index contributed by atoms with van der Waals surface area (Å²) in [5.41, 5.74) is 3.67. The Balaban J connectivity index is 1.42. The summed E-state index contributed by atoms with van der Waals surface area (Å²) in [7, 11) is 0. The lowest BCUT2D eigenvalue weighted by Gasteiger charge is -2.06. The van der Waals surface area contributed by atoms with Crippen LogP contribution in [0.4, 0.5) is 0 Å². The van der Waals surface area contributed by atoms with Gasteiger partial charge in [0.2, 0.25) is 0 Å². The number of carbonyl (C=O) groups is 1. The van der Waals surface area contributed by atoms with Crippen molar-refractivity contribution in [3.8, 4) is 5.82 Å². The molecule has 0 radical (unpaired) electrons. The summed E-state index contributed by atoms with van der Waals surface area (Å²) in [5, 5.41) is 16.7. The molecule has 0 atom stereocenters. The van der Waals surface area contributed by atoms with Gasteiger partial charge in [-0.3, -0.25) is 4.79 Å². The topological polar surface area (TPSA) is 72.7 Å². The number of benzene rings is 1. The number of rotatable bonds is 7. The van der Waals surface area contributed by atoms with Gasteiger partial charge in [0.05, 0.1) is 17.5 Å². The highest BCUT2D eigenvalue weighted by atomic mass is 32.2. The fraction of sp³-hybridized carbons (Fsp3) is 0.238. The van der Waals surface area contributed by atoms with E-state index in [1.54, 1.807) is 22.6 Å². The molecular weight excluding hydrogens is 370 g/mol. The molecule has 2 aromatic heterocycles. The maximum Gasteiger partial charge on any atom is 0.254 e. The molecule has 1 aromatic carbocycles. The standard InChI is InChI=1S/C21H21N5OS/c1-3-15-4-6-16(7-5-15)13-28-20-11-10-19(24-25-20)26-14(2)18(12-22-26)21(27)23-17-8-9-17/h3-7,10-12,17H,1,8-9,13H2,2H3,(H,23,27). The summed E-state index contributed by atoms with van der Waals surface area (Å²) in [4.78, 5) is 12.3. The van der Waals surface area contributed by atoms with Crippen molar-refractivity contribution in [3.05, 3.63) is 71.6 Å². The van der Waals surface area contributed by atoms with E-state index in [4.69, 9.17) is 0 Å². The molecule has 1 saturated carbocycles. The van der Waals surface area contributed by atoms with Crippen molar-refractivity contribution >= 4 is 23.7 Å². The molecular formula is C21H21N5OS. The third-order valence-corrected chi connectivity index (χ3v) is 5.60. The molecule has 0 unspecified atom stereocenters. The lowest BCUT2D eigenvalue weighted by atomic mass is 10.1. The SMILES string of the molecule is C=Cc1ccc(CSc2ccc(-n3ncc(C(=O)NC4CC4)c3C)nn2)cc1. The second-order valence-electron chi connectivity index (χ2n) is 6.77. The Hall–Kier alpha value is -2.93. The maximum absolute atomic E-state index is 12.3. The van der Waals surface area contributed by atoms with E-state index in [9.17, 15) is 4.79 Å². The number of aromatic nitrogens is 4. The third kappa shape index (κ3) is 4.14. The quantitative estimate of drug-likeness (QED) is 0.620. The van der Waals surface area contributed by atoms with Crippen LogP contribution in [-0.2, 0) is 5.75 Å². The fourth-order valence-corrected chi connectivity index (χ4v) is 3.53. The molecule has 6 nitrogen and oxygen atoms in total. The van der Waals surface area contributed by atoms with E-state index >= 15 is 0 Å². The van der Waals surface area contributed by atoms with Crippen LogP contribution in [0.2, 0.25) is 0 Å². The van der Waals surface area contributed by atoms with Crippen LogP contribution in [0.25, 0.3) is 11.9 Å². The minimum Gasteiger partial charge on any atom is -0.349 e. The average molecular weight is 392 g/mol. The second-order valence-corrected chi connectivity index (χ2v) is 7.76. The largest absolute Gasteiger partial charge is 0.349 e. The Morgan fingerprint density at radius 1 is 1.25 bits per heavy atom. The smallest absolute Gasteiger partial charge is 0.254 e. The molecule has 28 heavy (non-hydrogen) atoms. The van der Waals surface area contributed by atoms with Gasteiger partial charge < -0.3 is 5.32 Å². The van der Waals surface area contributed by atoms with Gasteiger partial charge in [-0.05, 0) is 43.0 Å². The number of amides is 1. The van der Waals surface area contributed by atoms with Gasteiger partial charge in [-0.25, -0.2) is 4.68 Å². The van der Waals surface area contributed by atoms with Gasteiger partial charge in [-0.15, -0.1) is 10.2 Å². The van der Waals surface area contributed by atoms with Gasteiger partial charge in [-0.2, -0.15) is 5.10 Å². The van der Waals surface area contributed by atoms with Crippen LogP contribution >= 0.6 is 11.8 Å². The Labute approximate surface area is 168 Å². The highest BCUT2D eigenvalue weighted by Crippen LogP contribution is 2.22. The second kappa shape index (κ2) is 7.98. The molecule has 3 aromatic rings. The summed E-state index contributed by atoms with van der Waals surface area (Å²) in [6.07, 6.45) is 5.54. The lowest BCUT2D eigenvalue weighted by molar-refractivity contribution is 0.0950. The molecule has 1 aliphatic carbocycles. The lowest BCUT2D eigenvalue weighted by Crippen LogP contribution is -2.25. The number of thioether (sulfide) groups is 1. The summed E-state index contributed by atoms with van der Waals surface area (Å²) < 4.78 is 1.65. The Morgan fingerprint density at radius 2 is 2.04 bits per heavy atom. The van der Waals surface area contributed by atoms with Crippen molar-refractivity contribution in [2.45, 2.75) is 36.6 Å². The van der Waals surface area contributed by atoms with Crippen molar-refractivity contribution in [3.63, 3.8) is 0 Å². The molecule has 1 N–H and O–H groups in total. The van der Waals surface area contributed by atoms with Crippen LogP contribution in [0, 0.1) is 6.92 Å². The van der Waals surface area contributed by atoms with Crippen LogP contribution in [0.5, 0.6) is 0 Å². The predicted octanol–water partition coefficient (Wildman–Crippen LogP) is 3.80. The monoisotopic (exact) mass is 391 g/mol. The third-order valence-electron chi connectivity index (χ3n) is 4.61. The summed E-state index contributed by atoms with van der Waals surface area (Å²) in [6, 6.07) is 12.4. The summed E-state index contributed by atoms with van der Waals surface area (Å²) in [6.45, 7) is 5.63. The van der Waals surface area contributed by atoms with Crippen molar-refractivity contribution < 1.29 is 4.79 Å².